The number of ketones is 1. The van der Waals surface area contributed by atoms with Gasteiger partial charge in [0.2, 0.25) is 0 Å². The van der Waals surface area contributed by atoms with Crippen LogP contribution in [0.25, 0.3) is 0 Å². The van der Waals surface area contributed by atoms with E-state index in [1.807, 2.05) is 0 Å². The predicted molar refractivity (Wildman–Crippen MR) is 49.3 cm³/mol. The Hall–Kier alpha value is -1.91. The van der Waals surface area contributed by atoms with Gasteiger partial charge in [0.05, 0.1) is 12.0 Å². The van der Waals surface area contributed by atoms with Gasteiger partial charge in [-0.15, -0.1) is 0 Å². The summed E-state index contributed by atoms with van der Waals surface area (Å²) in [7, 11) is 0. The Morgan fingerprint density at radius 1 is 1.27 bits per heavy atom. The molecule has 15 heavy (non-hydrogen) atoms. The minimum absolute atomic E-state index is 0.184. The van der Waals surface area contributed by atoms with Crippen LogP contribution in [-0.2, 0) is 4.79 Å². The van der Waals surface area contributed by atoms with Crippen molar-refractivity contribution in [2.45, 2.75) is 12.8 Å². The van der Waals surface area contributed by atoms with Crippen LogP contribution >= 0.6 is 0 Å². The fourth-order valence-electron chi connectivity index (χ4n) is 1.10. The van der Waals surface area contributed by atoms with Crippen LogP contribution in [0.15, 0.2) is 18.2 Å². The summed E-state index contributed by atoms with van der Waals surface area (Å²) in [6, 6.07) is 3.55. The monoisotopic (exact) mass is 212 g/mol. The number of aromatic hydroxyl groups is 1. The number of phenolic OH excluding ortho intramolecular Hbond substituents is 1. The lowest BCUT2D eigenvalue weighted by molar-refractivity contribution is -0.136. The molecule has 0 atom stereocenters. The van der Waals surface area contributed by atoms with Gasteiger partial charge in [0, 0.05) is 6.42 Å². The number of hydrogen-bond donors (Lipinski definition) is 2. The number of aliphatic carboxylic acids is 1. The minimum Gasteiger partial charge on any atom is -0.504 e. The summed E-state index contributed by atoms with van der Waals surface area (Å²) in [6.07, 6.45) is -0.596. The molecule has 4 nitrogen and oxygen atoms in total. The normalized spacial score (nSPS) is 9.93. The van der Waals surface area contributed by atoms with E-state index in [9.17, 15) is 19.1 Å². The Bertz CT molecular complexity index is 400. The summed E-state index contributed by atoms with van der Waals surface area (Å²) in [5.41, 5.74) is -0.184. The molecule has 0 aliphatic rings. The van der Waals surface area contributed by atoms with Crippen molar-refractivity contribution in [1.29, 1.82) is 0 Å². The molecule has 0 fully saturated rings. The number of phenols is 1. The third-order valence-electron chi connectivity index (χ3n) is 1.85. The van der Waals surface area contributed by atoms with E-state index >= 15 is 0 Å². The van der Waals surface area contributed by atoms with Crippen LogP contribution in [-0.4, -0.2) is 22.0 Å². The summed E-state index contributed by atoms with van der Waals surface area (Å²) < 4.78 is 12.8. The molecule has 0 amide bonds. The lowest BCUT2D eigenvalue weighted by atomic mass is 10.1. The second-order valence-electron chi connectivity index (χ2n) is 2.95. The van der Waals surface area contributed by atoms with Gasteiger partial charge in [0.1, 0.15) is 0 Å². The molecule has 0 saturated carbocycles. The molecule has 0 radical (unpaired) electrons. The summed E-state index contributed by atoms with van der Waals surface area (Å²) in [6.45, 7) is 0. The maximum Gasteiger partial charge on any atom is 0.303 e. The lowest BCUT2D eigenvalue weighted by Gasteiger charge is -2.02. The number of carboxylic acid groups (broad SMARTS) is 1. The summed E-state index contributed by atoms with van der Waals surface area (Å²) in [4.78, 5) is 21.5. The number of carboxylic acids is 1. The first-order chi connectivity index (χ1) is 7.02. The van der Waals surface area contributed by atoms with Crippen molar-refractivity contribution in [3.63, 3.8) is 0 Å². The van der Waals surface area contributed by atoms with Crippen molar-refractivity contribution in [1.82, 2.24) is 0 Å². The molecule has 1 aromatic carbocycles. The van der Waals surface area contributed by atoms with E-state index in [1.54, 1.807) is 0 Å². The number of Topliss-reactive ketones (excluding diaryl/α,β-unsaturated/α-hetero) is 1. The number of para-hydroxylation sites is 1. The zero-order valence-electron chi connectivity index (χ0n) is 7.74. The van der Waals surface area contributed by atoms with Crippen molar-refractivity contribution < 1.29 is 24.2 Å². The summed E-state index contributed by atoms with van der Waals surface area (Å²) in [5.74, 6) is -3.32. The fraction of sp³-hybridized carbons (Fsp3) is 0.200. The Kier molecular flexibility index (Phi) is 3.38. The van der Waals surface area contributed by atoms with Crippen LogP contribution in [0.3, 0.4) is 0 Å². The third-order valence-corrected chi connectivity index (χ3v) is 1.85. The standard InChI is InChI=1S/C10H9FO4/c11-7-3-1-2-6(10(7)15)8(12)4-5-9(13)14/h1-3,15H,4-5H2,(H,13,14). The average molecular weight is 212 g/mol. The van der Waals surface area contributed by atoms with Gasteiger partial charge in [-0.1, -0.05) is 6.07 Å². The van der Waals surface area contributed by atoms with Crippen molar-refractivity contribution in [2.24, 2.45) is 0 Å². The molecule has 80 valence electrons. The molecule has 0 aliphatic carbocycles. The molecule has 1 rings (SSSR count). The first-order valence-corrected chi connectivity index (χ1v) is 4.25. The van der Waals surface area contributed by atoms with E-state index in [0.717, 1.165) is 6.07 Å². The fourth-order valence-corrected chi connectivity index (χ4v) is 1.10. The molecule has 0 spiro atoms. The van der Waals surface area contributed by atoms with E-state index < -0.39 is 23.3 Å². The highest BCUT2D eigenvalue weighted by molar-refractivity contribution is 5.99. The largest absolute Gasteiger partial charge is 0.504 e. The predicted octanol–water partition coefficient (Wildman–Crippen LogP) is 1.58. The molecule has 0 unspecified atom stereocenters. The van der Waals surface area contributed by atoms with Crippen molar-refractivity contribution in [3.8, 4) is 5.75 Å². The molecule has 5 heteroatoms. The molecule has 0 saturated heterocycles. The first kappa shape index (κ1) is 11.2. The Balaban J connectivity index is 2.82. The quantitative estimate of drug-likeness (QED) is 0.743. The van der Waals surface area contributed by atoms with Crippen molar-refractivity contribution >= 4 is 11.8 Å². The highest BCUT2D eigenvalue weighted by atomic mass is 19.1. The molecule has 0 bridgehead atoms. The number of hydrogen-bond acceptors (Lipinski definition) is 3. The van der Waals surface area contributed by atoms with E-state index in [2.05, 4.69) is 0 Å². The van der Waals surface area contributed by atoms with Crippen LogP contribution in [0.1, 0.15) is 23.2 Å². The molecular weight excluding hydrogens is 203 g/mol. The SMILES string of the molecule is O=C(O)CCC(=O)c1cccc(F)c1O. The van der Waals surface area contributed by atoms with Gasteiger partial charge in [-0.2, -0.15) is 0 Å². The maximum atomic E-state index is 12.8. The first-order valence-electron chi connectivity index (χ1n) is 4.25. The van der Waals surface area contributed by atoms with Gasteiger partial charge in [-0.3, -0.25) is 9.59 Å². The second-order valence-corrected chi connectivity index (χ2v) is 2.95. The Morgan fingerprint density at radius 3 is 2.53 bits per heavy atom. The van der Waals surface area contributed by atoms with E-state index in [-0.39, 0.29) is 18.4 Å². The number of carbonyl (C=O) groups excluding carboxylic acids is 1. The maximum absolute atomic E-state index is 12.8. The smallest absolute Gasteiger partial charge is 0.303 e. The Morgan fingerprint density at radius 2 is 1.93 bits per heavy atom. The summed E-state index contributed by atoms with van der Waals surface area (Å²) >= 11 is 0. The van der Waals surface area contributed by atoms with Gasteiger partial charge in [-0.25, -0.2) is 4.39 Å². The van der Waals surface area contributed by atoms with Gasteiger partial charge in [0.25, 0.3) is 0 Å². The van der Waals surface area contributed by atoms with Crippen LogP contribution in [0, 0.1) is 5.82 Å². The molecule has 0 aromatic heterocycles. The van der Waals surface area contributed by atoms with Gasteiger partial charge in [-0.05, 0) is 12.1 Å². The van der Waals surface area contributed by atoms with Gasteiger partial charge in [0.15, 0.2) is 17.3 Å². The number of rotatable bonds is 4. The second kappa shape index (κ2) is 4.54. The highest BCUT2D eigenvalue weighted by Gasteiger charge is 2.14. The molecule has 1 aromatic rings. The molecular formula is C10H9FO4. The average Bonchev–Trinajstić information content (AvgIpc) is 2.18. The van der Waals surface area contributed by atoms with Crippen molar-refractivity contribution in [2.75, 3.05) is 0 Å². The van der Waals surface area contributed by atoms with Crippen LogP contribution in [0.4, 0.5) is 4.39 Å². The zero-order chi connectivity index (χ0) is 11.4. The molecule has 2 N–H and O–H groups in total. The topological polar surface area (TPSA) is 74.6 Å². The third kappa shape index (κ3) is 2.77. The molecule has 0 heterocycles. The Labute approximate surface area is 85.0 Å². The number of carbonyl (C=O) groups is 2. The minimum atomic E-state index is -1.11. The zero-order valence-corrected chi connectivity index (χ0v) is 7.74. The number of benzene rings is 1. The van der Waals surface area contributed by atoms with Gasteiger partial charge < -0.3 is 10.2 Å². The van der Waals surface area contributed by atoms with Gasteiger partial charge >= 0.3 is 5.97 Å². The number of halogens is 1. The highest BCUT2D eigenvalue weighted by Crippen LogP contribution is 2.22. The lowest BCUT2D eigenvalue weighted by Crippen LogP contribution is -2.04. The summed E-state index contributed by atoms with van der Waals surface area (Å²) in [5, 5.41) is 17.5. The van der Waals surface area contributed by atoms with E-state index in [4.69, 9.17) is 5.11 Å². The van der Waals surface area contributed by atoms with Crippen LogP contribution in [0.2, 0.25) is 0 Å². The van der Waals surface area contributed by atoms with Crippen molar-refractivity contribution in [3.05, 3.63) is 29.6 Å². The van der Waals surface area contributed by atoms with Crippen LogP contribution in [0.5, 0.6) is 5.75 Å². The van der Waals surface area contributed by atoms with Crippen LogP contribution < -0.4 is 0 Å². The molecule has 0 aliphatic heterocycles. The van der Waals surface area contributed by atoms with E-state index in [1.165, 1.54) is 12.1 Å². The van der Waals surface area contributed by atoms with E-state index in [0.29, 0.717) is 0 Å².